The maximum Gasteiger partial charge on any atom is 0.335 e. The molecular weight excluding hydrogens is 1710 g/mol. The Hall–Kier alpha value is -13.7. The van der Waals surface area contributed by atoms with Crippen LogP contribution in [0.15, 0.2) is 299 Å². The molecule has 12 aromatic carbocycles. The summed E-state index contributed by atoms with van der Waals surface area (Å²) < 4.78 is 168. The molecule has 12 rings (SSSR count). The minimum absolute atomic E-state index is 0.00138. The third-order valence-corrected chi connectivity index (χ3v) is 26.4. The van der Waals surface area contributed by atoms with Crippen LogP contribution in [0.2, 0.25) is 0 Å². The summed E-state index contributed by atoms with van der Waals surface area (Å²) in [6.45, 7) is 0.402. The van der Waals surface area contributed by atoms with Crippen molar-refractivity contribution in [1.29, 1.82) is 0 Å². The standard InChI is InChI=1S/C24H25NO7S.C23H22FNO6S.C23H23NO6S.C22H21NO6S/c1-30-20-9-4-17(5-10-20)15-25(16-18-6-13-22(31-2)23(14-18)32-3)33(28,29)21-11-7-19(8-12-21)24(26)27;1-30-19-8-3-16(4-9-19)14-25(15-17-5-12-22(31-2)21(24)13-17)32(28,29)20-10-6-18(7-11-20)23(26)27;1-29-21-13-8-18(14-22(21)30-2)16-24(15-17-6-4-3-5-7-17)31(27,28)20-11-9-19(10-12-20)23(25)26;1-29-21-5-3-2-4-18(21)15-23(14-16-6-8-17(9-7-16)22(25)26)30(27,28)20-12-10-19(24)11-13-20/h4-14H,15-16H2,1-3H3,(H,26,27);3-13H,14-15H2,1-2H3,(H,26,27);3-14H,15-16H2,1-2H3,(H,25,26);2-13,24H,14-15H2,1H3,(H,25,26). The number of carboxylic acids is 4. The van der Waals surface area contributed by atoms with Gasteiger partial charge in [-0.15, -0.1) is 0 Å². The first kappa shape index (κ1) is 96.1. The molecule has 0 unspecified atom stereocenters. The summed E-state index contributed by atoms with van der Waals surface area (Å²) in [5.74, 6) is -1.09. The first-order valence-corrected chi connectivity index (χ1v) is 43.7. The van der Waals surface area contributed by atoms with Crippen LogP contribution in [0.5, 0.6) is 51.7 Å². The molecule has 12 aromatic rings. The number of rotatable bonds is 36. The fraction of sp³-hybridized carbons (Fsp3) is 0.174. The highest BCUT2D eigenvalue weighted by Crippen LogP contribution is 2.35. The molecule has 34 heteroatoms. The number of halogens is 1. The largest absolute Gasteiger partial charge is 0.508 e. The molecule has 0 heterocycles. The lowest BCUT2D eigenvalue weighted by Crippen LogP contribution is -2.30. The van der Waals surface area contributed by atoms with E-state index in [2.05, 4.69) is 0 Å². The Labute approximate surface area is 729 Å². The van der Waals surface area contributed by atoms with Crippen LogP contribution in [0.1, 0.15) is 85.9 Å². The zero-order chi connectivity index (χ0) is 91.5. The van der Waals surface area contributed by atoms with Gasteiger partial charge in [0.25, 0.3) is 0 Å². The van der Waals surface area contributed by atoms with Gasteiger partial charge < -0.3 is 63.4 Å². The van der Waals surface area contributed by atoms with Gasteiger partial charge in [0.15, 0.2) is 34.6 Å². The molecule has 5 N–H and O–H groups in total. The molecule has 0 fully saturated rings. The van der Waals surface area contributed by atoms with Crippen LogP contribution in [-0.2, 0) is 92.5 Å². The average Bonchev–Trinajstić information content (AvgIpc) is 0.809. The predicted octanol–water partition coefficient (Wildman–Crippen LogP) is 15.0. The van der Waals surface area contributed by atoms with Gasteiger partial charge in [-0.2, -0.15) is 17.2 Å². The molecule has 0 bridgehead atoms. The van der Waals surface area contributed by atoms with E-state index in [1.807, 2.05) is 30.3 Å². The number of para-hydroxylation sites is 1. The van der Waals surface area contributed by atoms with E-state index in [0.29, 0.717) is 68.1 Å². The maximum absolute atomic E-state index is 14.2. The van der Waals surface area contributed by atoms with Gasteiger partial charge in [-0.3, -0.25) is 0 Å². The SMILES string of the molecule is COc1ccc(CN(Cc2ccc(OC)c(F)c2)S(=O)(=O)c2ccc(C(=O)O)cc2)cc1.COc1ccc(CN(Cc2ccc(OC)c(OC)c2)S(=O)(=O)c2ccc(C(=O)O)cc2)cc1.COc1ccc(CN(Cc2ccccc2)S(=O)(=O)c2ccc(C(=O)O)cc2)cc1OC.COc1ccccc1CN(Cc1ccc(C(=O)O)cc1)S(=O)(=O)c1ccc(O)cc1. The lowest BCUT2D eigenvalue weighted by molar-refractivity contribution is 0.0686. The number of sulfonamides is 4. The first-order chi connectivity index (χ1) is 60.2. The van der Waals surface area contributed by atoms with Crippen LogP contribution in [0.3, 0.4) is 0 Å². The van der Waals surface area contributed by atoms with Crippen molar-refractivity contribution in [2.45, 2.75) is 71.9 Å². The van der Waals surface area contributed by atoms with Gasteiger partial charge in [-0.05, 0) is 215 Å². The molecule has 0 amide bonds. The Kier molecular flexibility index (Phi) is 34.0. The summed E-state index contributed by atoms with van der Waals surface area (Å²) >= 11 is 0. The molecule has 0 saturated heterocycles. The molecular formula is C92H91FN4O25S4. The van der Waals surface area contributed by atoms with Crippen molar-refractivity contribution >= 4 is 64.0 Å². The number of hydrogen-bond acceptors (Lipinski definition) is 21. The first-order valence-electron chi connectivity index (χ1n) is 38.0. The van der Waals surface area contributed by atoms with Crippen molar-refractivity contribution in [2.24, 2.45) is 0 Å². The van der Waals surface area contributed by atoms with Crippen LogP contribution < -0.4 is 37.9 Å². The number of benzene rings is 12. The molecule has 0 aliphatic rings. The Morgan fingerprint density at radius 3 is 0.825 bits per heavy atom. The van der Waals surface area contributed by atoms with Crippen LogP contribution in [0.25, 0.3) is 0 Å². The number of carboxylic acid groups (broad SMARTS) is 4. The number of phenols is 1. The van der Waals surface area contributed by atoms with E-state index in [9.17, 15) is 62.3 Å². The minimum atomic E-state index is -4.03. The smallest absolute Gasteiger partial charge is 0.335 e. The number of aromatic hydroxyl groups is 1. The zero-order valence-corrected chi connectivity index (χ0v) is 72.7. The van der Waals surface area contributed by atoms with Gasteiger partial charge in [0.05, 0.1) is 98.7 Å². The molecule has 660 valence electrons. The predicted molar refractivity (Wildman–Crippen MR) is 465 cm³/mol. The molecule has 0 saturated carbocycles. The van der Waals surface area contributed by atoms with E-state index >= 15 is 0 Å². The zero-order valence-electron chi connectivity index (χ0n) is 69.4. The molecule has 0 aliphatic carbocycles. The molecule has 0 atom stereocenters. The average molecular weight is 1800 g/mol. The number of hydrogen-bond donors (Lipinski definition) is 5. The number of aromatic carboxylic acids is 4. The Morgan fingerprint density at radius 1 is 0.262 bits per heavy atom. The Morgan fingerprint density at radius 2 is 0.516 bits per heavy atom. The Balaban J connectivity index is 0.000000190. The summed E-state index contributed by atoms with van der Waals surface area (Å²) in [6.07, 6.45) is 0. The topological polar surface area (TPSA) is 393 Å². The maximum atomic E-state index is 14.2. The van der Waals surface area contributed by atoms with Gasteiger partial charge in [0, 0.05) is 57.9 Å². The van der Waals surface area contributed by atoms with Crippen LogP contribution >= 0.6 is 0 Å². The molecule has 0 spiro atoms. The quantitative estimate of drug-likeness (QED) is 0.0243. The number of nitrogens with zero attached hydrogens (tertiary/aromatic N) is 4. The fourth-order valence-corrected chi connectivity index (χ4v) is 18.1. The summed E-state index contributed by atoms with van der Waals surface area (Å²) in [7, 11) is -3.76. The van der Waals surface area contributed by atoms with Gasteiger partial charge >= 0.3 is 23.9 Å². The molecule has 29 nitrogen and oxygen atoms in total. The Bertz CT molecular complexity index is 6190. The molecule has 0 aromatic heterocycles. The fourth-order valence-electron chi connectivity index (χ4n) is 12.4. The second kappa shape index (κ2) is 44.6. The number of ether oxygens (including phenoxy) is 8. The normalized spacial score (nSPS) is 11.3. The monoisotopic (exact) mass is 1800 g/mol. The second-order valence-corrected chi connectivity index (χ2v) is 35.2. The van der Waals surface area contributed by atoms with Crippen molar-refractivity contribution in [2.75, 3.05) is 56.9 Å². The number of phenolic OH excluding ortho intramolecular Hbond substituents is 1. The number of methoxy groups -OCH3 is 8. The summed E-state index contributed by atoms with van der Waals surface area (Å²) in [6, 6.07) is 71.8. The van der Waals surface area contributed by atoms with E-state index in [1.165, 1.54) is 188 Å². The van der Waals surface area contributed by atoms with Crippen LogP contribution in [0, 0.1) is 5.82 Å². The van der Waals surface area contributed by atoms with Gasteiger partial charge in [-0.25, -0.2) is 57.2 Å². The van der Waals surface area contributed by atoms with Crippen molar-refractivity contribution in [1.82, 2.24) is 17.2 Å². The number of carbonyl (C=O) groups is 4. The lowest BCUT2D eigenvalue weighted by Gasteiger charge is -2.23. The van der Waals surface area contributed by atoms with Crippen molar-refractivity contribution in [3.8, 4) is 51.7 Å². The van der Waals surface area contributed by atoms with Crippen molar-refractivity contribution < 1.29 is 121 Å². The van der Waals surface area contributed by atoms with E-state index in [0.717, 1.165) is 16.7 Å². The molecule has 0 aliphatic heterocycles. The summed E-state index contributed by atoms with van der Waals surface area (Å²) in [5.41, 5.74) is 5.60. The lowest BCUT2D eigenvalue weighted by atomic mass is 10.1. The highest BCUT2D eigenvalue weighted by molar-refractivity contribution is 7.90. The van der Waals surface area contributed by atoms with E-state index in [4.69, 9.17) is 58.3 Å². The highest BCUT2D eigenvalue weighted by Gasteiger charge is 2.31. The van der Waals surface area contributed by atoms with Gasteiger partial charge in [-0.1, -0.05) is 103 Å². The summed E-state index contributed by atoms with van der Waals surface area (Å²) in [4.78, 5) is 44.4. The molecule has 126 heavy (non-hydrogen) atoms. The van der Waals surface area contributed by atoms with Gasteiger partial charge in [0.1, 0.15) is 23.0 Å². The third kappa shape index (κ3) is 25.7. The van der Waals surface area contributed by atoms with E-state index in [1.54, 1.807) is 135 Å². The second-order valence-electron chi connectivity index (χ2n) is 27.4. The molecule has 0 radical (unpaired) electrons. The minimum Gasteiger partial charge on any atom is -0.508 e. The van der Waals surface area contributed by atoms with Gasteiger partial charge in [0.2, 0.25) is 40.1 Å². The highest BCUT2D eigenvalue weighted by atomic mass is 32.2. The summed E-state index contributed by atoms with van der Waals surface area (Å²) in [5, 5.41) is 45.8. The van der Waals surface area contributed by atoms with Crippen molar-refractivity contribution in [3.05, 3.63) is 352 Å². The third-order valence-electron chi connectivity index (χ3n) is 19.2. The van der Waals surface area contributed by atoms with Crippen molar-refractivity contribution in [3.63, 3.8) is 0 Å². The van der Waals surface area contributed by atoms with E-state index in [-0.39, 0.29) is 106 Å². The van der Waals surface area contributed by atoms with Crippen LogP contribution in [0.4, 0.5) is 4.39 Å². The van der Waals surface area contributed by atoms with Crippen LogP contribution in [-0.4, -0.2) is 157 Å². The van der Waals surface area contributed by atoms with E-state index < -0.39 is 69.8 Å².